The van der Waals surface area contributed by atoms with Crippen molar-refractivity contribution in [2.75, 3.05) is 5.32 Å². The van der Waals surface area contributed by atoms with Crippen LogP contribution in [0.25, 0.3) is 22.8 Å². The minimum Gasteiger partial charge on any atom is -0.444 e. The van der Waals surface area contributed by atoms with Crippen molar-refractivity contribution < 1.29 is 45.0 Å². The topological polar surface area (TPSA) is 99.4 Å². The third-order valence-electron chi connectivity index (χ3n) is 7.16. The SMILES string of the molecule is CC(C)(C)OC(=O)Nc1cc(C(F)(F)F)c2nc1-c1nnc(o1)C(OCc1ccccc1)(C(F)(F)F)CCC=CCc1ccccc1-2. The Kier molecular flexibility index (Phi) is 9.18. The second-order valence-corrected chi connectivity index (χ2v) is 11.8. The molecule has 0 saturated carbocycles. The number of alkyl halides is 6. The van der Waals surface area contributed by atoms with Gasteiger partial charge in [-0.1, -0.05) is 66.7 Å². The summed E-state index contributed by atoms with van der Waals surface area (Å²) in [7, 11) is 0. The maximum absolute atomic E-state index is 15.1. The lowest BCUT2D eigenvalue weighted by Gasteiger charge is -2.32. The Morgan fingerprint density at radius 2 is 1.64 bits per heavy atom. The minimum absolute atomic E-state index is 0.0880. The van der Waals surface area contributed by atoms with Gasteiger partial charge in [-0.15, -0.1) is 10.2 Å². The summed E-state index contributed by atoms with van der Waals surface area (Å²) in [6.07, 6.45) is -8.84. The Bertz CT molecular complexity index is 1760. The van der Waals surface area contributed by atoms with Crippen molar-refractivity contribution >= 4 is 11.8 Å². The first kappa shape index (κ1) is 33.6. The third kappa shape index (κ3) is 7.48. The molecule has 4 bridgehead atoms. The first-order valence-corrected chi connectivity index (χ1v) is 14.5. The Morgan fingerprint density at radius 3 is 2.32 bits per heavy atom. The number of aromatic nitrogens is 3. The second-order valence-electron chi connectivity index (χ2n) is 11.8. The van der Waals surface area contributed by atoms with Gasteiger partial charge in [0.2, 0.25) is 5.60 Å². The fourth-order valence-electron chi connectivity index (χ4n) is 5.00. The summed E-state index contributed by atoms with van der Waals surface area (Å²) in [5.41, 5.74) is -6.00. The van der Waals surface area contributed by atoms with Crippen molar-refractivity contribution in [3.63, 3.8) is 0 Å². The highest BCUT2D eigenvalue weighted by Crippen LogP contribution is 2.48. The molecule has 4 aromatic rings. The van der Waals surface area contributed by atoms with E-state index in [-0.39, 0.29) is 18.4 Å². The summed E-state index contributed by atoms with van der Waals surface area (Å²) in [6, 6.07) is 15.0. The number of halogens is 6. The Hall–Kier alpha value is -4.72. The van der Waals surface area contributed by atoms with E-state index in [4.69, 9.17) is 13.9 Å². The van der Waals surface area contributed by atoms with Crippen LogP contribution < -0.4 is 5.32 Å². The molecular weight excluding hydrogens is 630 g/mol. The number of hydrogen-bond donors (Lipinski definition) is 1. The first-order valence-electron chi connectivity index (χ1n) is 14.5. The molecule has 2 aromatic carbocycles. The molecule has 1 aliphatic rings. The maximum Gasteiger partial charge on any atom is 0.426 e. The quantitative estimate of drug-likeness (QED) is 0.172. The molecule has 8 nitrogen and oxygen atoms in total. The zero-order chi connectivity index (χ0) is 34.0. The number of allylic oxidation sites excluding steroid dienone is 2. The number of fused-ring (bicyclic) bond motifs is 7. The number of nitrogens with one attached hydrogen (secondary N) is 1. The highest BCUT2D eigenvalue weighted by molar-refractivity contribution is 5.90. The largest absolute Gasteiger partial charge is 0.444 e. The third-order valence-corrected chi connectivity index (χ3v) is 7.16. The van der Waals surface area contributed by atoms with Gasteiger partial charge in [0.1, 0.15) is 5.60 Å². The van der Waals surface area contributed by atoms with Crippen LogP contribution in [0.2, 0.25) is 0 Å². The van der Waals surface area contributed by atoms with Crippen LogP contribution in [-0.4, -0.2) is 33.1 Å². The van der Waals surface area contributed by atoms with Crippen molar-refractivity contribution in [2.45, 2.75) is 70.2 Å². The molecule has 0 aliphatic carbocycles. The molecule has 2 aromatic heterocycles. The van der Waals surface area contributed by atoms with Gasteiger partial charge >= 0.3 is 18.4 Å². The summed E-state index contributed by atoms with van der Waals surface area (Å²) < 4.78 is 105. The van der Waals surface area contributed by atoms with Crippen molar-refractivity contribution in [2.24, 2.45) is 0 Å². The van der Waals surface area contributed by atoms with Crippen LogP contribution >= 0.6 is 0 Å². The van der Waals surface area contributed by atoms with E-state index in [1.165, 1.54) is 18.2 Å². The van der Waals surface area contributed by atoms with Crippen LogP contribution in [0, 0.1) is 0 Å². The lowest BCUT2D eigenvalue weighted by Crippen LogP contribution is -2.45. The summed E-state index contributed by atoms with van der Waals surface area (Å²) in [5, 5.41) is 9.71. The van der Waals surface area contributed by atoms with Crippen LogP contribution in [0.4, 0.5) is 36.8 Å². The Labute approximate surface area is 265 Å². The molecule has 3 heterocycles. The number of anilines is 1. The molecule has 0 fully saturated rings. The number of ether oxygens (including phenoxy) is 2. The predicted octanol–water partition coefficient (Wildman–Crippen LogP) is 9.03. The molecule has 0 saturated heterocycles. The zero-order valence-corrected chi connectivity index (χ0v) is 25.5. The van der Waals surface area contributed by atoms with Crippen molar-refractivity contribution in [1.29, 1.82) is 0 Å². The average Bonchev–Trinajstić information content (AvgIpc) is 3.47. The van der Waals surface area contributed by atoms with Crippen LogP contribution in [0.5, 0.6) is 0 Å². The number of carbonyl (C=O) groups is 1. The van der Waals surface area contributed by atoms with Gasteiger partial charge in [0, 0.05) is 5.56 Å². The number of hydrogen-bond acceptors (Lipinski definition) is 7. The van der Waals surface area contributed by atoms with Gasteiger partial charge in [0.15, 0.2) is 5.69 Å². The summed E-state index contributed by atoms with van der Waals surface area (Å²) in [4.78, 5) is 17.0. The monoisotopic (exact) mass is 660 g/mol. The Morgan fingerprint density at radius 1 is 0.936 bits per heavy atom. The maximum atomic E-state index is 15.1. The van der Waals surface area contributed by atoms with Crippen LogP contribution in [0.1, 0.15) is 56.2 Å². The molecule has 1 unspecified atom stereocenters. The number of rotatable bonds is 4. The minimum atomic E-state index is -5.07. The second kappa shape index (κ2) is 12.8. The van der Waals surface area contributed by atoms with E-state index in [1.807, 2.05) is 0 Å². The van der Waals surface area contributed by atoms with Crippen molar-refractivity contribution in [3.8, 4) is 22.8 Å². The number of pyridine rings is 1. The molecule has 248 valence electrons. The number of carbonyl (C=O) groups excluding carboxylic acids is 1. The van der Waals surface area contributed by atoms with E-state index in [0.29, 0.717) is 17.2 Å². The molecule has 0 spiro atoms. The van der Waals surface area contributed by atoms with Crippen molar-refractivity contribution in [3.05, 3.63) is 95.4 Å². The summed E-state index contributed by atoms with van der Waals surface area (Å²) in [5.74, 6) is -1.66. The normalized spacial score (nSPS) is 17.0. The lowest BCUT2D eigenvalue weighted by atomic mass is 9.94. The standard InChI is InChI=1S/C33H30F6N4O4/c1-30(2,3)47-29(44)40-24-18-23(32(34,35)36)25-22-16-10-9-15-21(22)14-8-5-11-17-31(33(37,38)39,45-19-20-12-6-4-7-13-20)28-43-42-27(46-28)26(24)41-25/h4-10,12-13,15-16,18H,11,14,17,19H2,1-3H3,(H,40,44). The highest BCUT2D eigenvalue weighted by Gasteiger charge is 2.61. The molecule has 1 atom stereocenters. The van der Waals surface area contributed by atoms with E-state index in [2.05, 4.69) is 20.5 Å². The summed E-state index contributed by atoms with van der Waals surface area (Å²) >= 11 is 0. The van der Waals surface area contributed by atoms with Gasteiger partial charge < -0.3 is 13.9 Å². The molecule has 0 radical (unpaired) electrons. The van der Waals surface area contributed by atoms with Gasteiger partial charge in [-0.2, -0.15) is 26.3 Å². The molecule has 1 aliphatic heterocycles. The fourth-order valence-corrected chi connectivity index (χ4v) is 5.00. The van der Waals surface area contributed by atoms with Crippen LogP contribution in [-0.2, 0) is 34.3 Å². The van der Waals surface area contributed by atoms with Gasteiger partial charge in [0.05, 0.1) is 23.6 Å². The number of nitrogens with zero attached hydrogens (tertiary/aromatic N) is 3. The Balaban J connectivity index is 1.75. The average molecular weight is 661 g/mol. The molecule has 5 rings (SSSR count). The van der Waals surface area contributed by atoms with Gasteiger partial charge in [-0.25, -0.2) is 9.78 Å². The van der Waals surface area contributed by atoms with Gasteiger partial charge in [-0.3, -0.25) is 5.32 Å². The lowest BCUT2D eigenvalue weighted by molar-refractivity contribution is -0.299. The molecular formula is C33H30F6N4O4. The highest BCUT2D eigenvalue weighted by atomic mass is 19.4. The smallest absolute Gasteiger partial charge is 0.426 e. The van der Waals surface area contributed by atoms with Gasteiger partial charge in [-0.05, 0) is 57.2 Å². The summed E-state index contributed by atoms with van der Waals surface area (Å²) in [6.45, 7) is 4.16. The number of amides is 1. The van der Waals surface area contributed by atoms with Crippen LogP contribution in [0.3, 0.4) is 0 Å². The van der Waals surface area contributed by atoms with E-state index < -0.39 is 77.1 Å². The molecule has 47 heavy (non-hydrogen) atoms. The van der Waals surface area contributed by atoms with E-state index in [1.54, 1.807) is 69.3 Å². The molecule has 1 N–H and O–H groups in total. The molecule has 14 heteroatoms. The van der Waals surface area contributed by atoms with Crippen molar-refractivity contribution in [1.82, 2.24) is 15.2 Å². The van der Waals surface area contributed by atoms with E-state index >= 15 is 13.2 Å². The van der Waals surface area contributed by atoms with E-state index in [0.717, 1.165) is 0 Å². The first-order chi connectivity index (χ1) is 22.1. The van der Waals surface area contributed by atoms with E-state index in [9.17, 15) is 18.0 Å². The van der Waals surface area contributed by atoms with Gasteiger partial charge in [0.25, 0.3) is 11.8 Å². The number of benzene rings is 2. The zero-order valence-electron chi connectivity index (χ0n) is 25.5. The molecule has 1 amide bonds. The predicted molar refractivity (Wildman–Crippen MR) is 159 cm³/mol. The fraction of sp³-hybridized carbons (Fsp3) is 0.333. The van der Waals surface area contributed by atoms with Crippen LogP contribution in [0.15, 0.2) is 77.2 Å².